The largest absolute Gasteiger partial charge is 0.491 e. The van der Waals surface area contributed by atoms with Crippen LogP contribution in [0.1, 0.15) is 38.8 Å². The van der Waals surface area contributed by atoms with Crippen molar-refractivity contribution in [2.75, 3.05) is 32.8 Å². The summed E-state index contributed by atoms with van der Waals surface area (Å²) < 4.78 is 11.3. The summed E-state index contributed by atoms with van der Waals surface area (Å²) in [5, 5.41) is 18.7. The van der Waals surface area contributed by atoms with E-state index in [0.717, 1.165) is 25.1 Å². The standard InChI is InChI=1S/C25H28N4O4/c1-17-26-27-24(33-17)13-18-6-7-23-22(12-18)25(31)29(10-11-32-23)16-21(30)15-28-9-8-19-4-2-3-5-20(19)14-28/h2-7,12,21,30H,8-11,13-16H2,1H3/t21-/m1/s1. The zero-order valence-electron chi connectivity index (χ0n) is 18.7. The third-order valence-corrected chi connectivity index (χ3v) is 6.21. The van der Waals surface area contributed by atoms with E-state index >= 15 is 0 Å². The fourth-order valence-corrected chi connectivity index (χ4v) is 4.60. The number of nitrogens with zero attached hydrogens (tertiary/aromatic N) is 4. The Kier molecular flexibility index (Phi) is 6.11. The molecule has 3 aromatic rings. The van der Waals surface area contributed by atoms with Crippen LogP contribution in [-0.4, -0.2) is 69.9 Å². The second-order valence-electron chi connectivity index (χ2n) is 8.73. The Hall–Kier alpha value is -3.23. The summed E-state index contributed by atoms with van der Waals surface area (Å²) in [6.07, 6.45) is 0.792. The smallest absolute Gasteiger partial charge is 0.257 e. The van der Waals surface area contributed by atoms with Crippen LogP contribution in [0.2, 0.25) is 0 Å². The number of fused-ring (bicyclic) bond motifs is 2. The lowest BCUT2D eigenvalue weighted by molar-refractivity contribution is 0.0501. The minimum Gasteiger partial charge on any atom is -0.491 e. The molecular formula is C25H28N4O4. The number of carbonyl (C=O) groups excluding carboxylic acids is 1. The van der Waals surface area contributed by atoms with Crippen molar-refractivity contribution < 1.29 is 19.1 Å². The summed E-state index contributed by atoms with van der Waals surface area (Å²) in [6.45, 7) is 5.11. The Labute approximate surface area is 192 Å². The molecule has 2 aliphatic rings. The number of hydrogen-bond donors (Lipinski definition) is 1. The molecular weight excluding hydrogens is 420 g/mol. The fourth-order valence-electron chi connectivity index (χ4n) is 4.60. The molecule has 2 aliphatic heterocycles. The average molecular weight is 449 g/mol. The third-order valence-electron chi connectivity index (χ3n) is 6.21. The van der Waals surface area contributed by atoms with Crippen molar-refractivity contribution >= 4 is 5.91 Å². The number of amides is 1. The molecule has 0 unspecified atom stereocenters. The van der Waals surface area contributed by atoms with Crippen LogP contribution in [-0.2, 0) is 19.4 Å². The quantitative estimate of drug-likeness (QED) is 0.618. The van der Waals surface area contributed by atoms with E-state index in [1.807, 2.05) is 18.2 Å². The monoisotopic (exact) mass is 448 g/mol. The maximum absolute atomic E-state index is 13.3. The number of aliphatic hydroxyl groups excluding tert-OH is 1. The van der Waals surface area contributed by atoms with Gasteiger partial charge in [0.25, 0.3) is 5.91 Å². The highest BCUT2D eigenvalue weighted by atomic mass is 16.5. The Morgan fingerprint density at radius 3 is 2.76 bits per heavy atom. The van der Waals surface area contributed by atoms with Gasteiger partial charge in [-0.3, -0.25) is 9.69 Å². The van der Waals surface area contributed by atoms with E-state index in [1.54, 1.807) is 11.8 Å². The van der Waals surface area contributed by atoms with E-state index in [1.165, 1.54) is 11.1 Å². The van der Waals surface area contributed by atoms with Gasteiger partial charge in [0.15, 0.2) is 0 Å². The van der Waals surface area contributed by atoms with Crippen LogP contribution in [0.5, 0.6) is 5.75 Å². The van der Waals surface area contributed by atoms with Crippen molar-refractivity contribution in [2.24, 2.45) is 0 Å². The van der Waals surface area contributed by atoms with Gasteiger partial charge >= 0.3 is 0 Å². The molecule has 33 heavy (non-hydrogen) atoms. The molecule has 8 heteroatoms. The summed E-state index contributed by atoms with van der Waals surface area (Å²) in [5.74, 6) is 1.45. The highest BCUT2D eigenvalue weighted by Crippen LogP contribution is 2.26. The SMILES string of the molecule is Cc1nnc(Cc2ccc3c(c2)C(=O)N(C[C@H](O)CN2CCc4ccccc4C2)CCO3)o1. The highest BCUT2D eigenvalue weighted by Gasteiger charge is 2.27. The molecule has 2 aromatic carbocycles. The molecule has 0 aliphatic carbocycles. The Morgan fingerprint density at radius 2 is 1.94 bits per heavy atom. The molecule has 0 spiro atoms. The molecule has 8 nitrogen and oxygen atoms in total. The molecule has 172 valence electrons. The van der Waals surface area contributed by atoms with Gasteiger partial charge < -0.3 is 19.2 Å². The predicted octanol–water partition coefficient (Wildman–Crippen LogP) is 2.22. The molecule has 1 atom stereocenters. The van der Waals surface area contributed by atoms with Crippen molar-refractivity contribution in [1.29, 1.82) is 0 Å². The molecule has 0 radical (unpaired) electrons. The average Bonchev–Trinajstić information content (AvgIpc) is 3.16. The lowest BCUT2D eigenvalue weighted by Gasteiger charge is -2.32. The zero-order chi connectivity index (χ0) is 22.8. The second-order valence-corrected chi connectivity index (χ2v) is 8.73. The van der Waals surface area contributed by atoms with Crippen molar-refractivity contribution in [1.82, 2.24) is 20.0 Å². The summed E-state index contributed by atoms with van der Waals surface area (Å²) in [7, 11) is 0. The van der Waals surface area contributed by atoms with E-state index in [2.05, 4.69) is 39.4 Å². The molecule has 1 N–H and O–H groups in total. The van der Waals surface area contributed by atoms with Gasteiger partial charge in [0.2, 0.25) is 11.8 Å². The van der Waals surface area contributed by atoms with Crippen molar-refractivity contribution in [2.45, 2.75) is 32.4 Å². The van der Waals surface area contributed by atoms with E-state index < -0.39 is 6.10 Å². The number of aromatic nitrogens is 2. The molecule has 1 amide bonds. The number of aryl methyl sites for hydroxylation is 1. The molecule has 3 heterocycles. The van der Waals surface area contributed by atoms with Crippen LogP contribution in [0.15, 0.2) is 46.9 Å². The van der Waals surface area contributed by atoms with Crippen molar-refractivity contribution in [3.8, 4) is 5.75 Å². The first kappa shape index (κ1) is 21.6. The molecule has 1 aromatic heterocycles. The topological polar surface area (TPSA) is 91.9 Å². The summed E-state index contributed by atoms with van der Waals surface area (Å²) in [5.41, 5.74) is 4.09. The van der Waals surface area contributed by atoms with Crippen molar-refractivity contribution in [3.63, 3.8) is 0 Å². The number of β-amino-alcohol motifs (C(OH)–C–C–N with tert-alkyl or cyclic N) is 1. The van der Waals surface area contributed by atoms with Crippen LogP contribution < -0.4 is 4.74 Å². The maximum Gasteiger partial charge on any atom is 0.257 e. The van der Waals surface area contributed by atoms with Crippen molar-refractivity contribution in [3.05, 3.63) is 76.5 Å². The lowest BCUT2D eigenvalue weighted by Crippen LogP contribution is -2.44. The van der Waals surface area contributed by atoms with Gasteiger partial charge in [0.1, 0.15) is 12.4 Å². The minimum atomic E-state index is -0.634. The summed E-state index contributed by atoms with van der Waals surface area (Å²) in [4.78, 5) is 17.3. The molecule has 0 fully saturated rings. The Bertz CT molecular complexity index is 1140. The van der Waals surface area contributed by atoms with Gasteiger partial charge in [0.05, 0.1) is 24.6 Å². The van der Waals surface area contributed by atoms with Gasteiger partial charge in [-0.05, 0) is 35.2 Å². The summed E-state index contributed by atoms with van der Waals surface area (Å²) >= 11 is 0. The molecule has 5 rings (SSSR count). The van der Waals surface area contributed by atoms with Gasteiger partial charge in [-0.2, -0.15) is 0 Å². The Morgan fingerprint density at radius 1 is 1.09 bits per heavy atom. The number of hydrogen-bond acceptors (Lipinski definition) is 7. The zero-order valence-corrected chi connectivity index (χ0v) is 18.7. The van der Waals surface area contributed by atoms with Crippen LogP contribution in [0.3, 0.4) is 0 Å². The number of rotatable bonds is 6. The molecule has 0 saturated heterocycles. The predicted molar refractivity (Wildman–Crippen MR) is 121 cm³/mol. The lowest BCUT2D eigenvalue weighted by atomic mass is 10.00. The molecule has 0 saturated carbocycles. The number of carbonyl (C=O) groups is 1. The second kappa shape index (κ2) is 9.33. The maximum atomic E-state index is 13.3. The summed E-state index contributed by atoms with van der Waals surface area (Å²) in [6, 6.07) is 14.0. The number of ether oxygens (including phenoxy) is 1. The normalized spacial score (nSPS) is 17.2. The highest BCUT2D eigenvalue weighted by molar-refractivity contribution is 5.97. The van der Waals surface area contributed by atoms with Crippen LogP contribution >= 0.6 is 0 Å². The fraction of sp³-hybridized carbons (Fsp3) is 0.400. The minimum absolute atomic E-state index is 0.130. The van der Waals surface area contributed by atoms with E-state index in [0.29, 0.717) is 49.2 Å². The first-order chi connectivity index (χ1) is 16.0. The van der Waals surface area contributed by atoms with Crippen LogP contribution in [0.25, 0.3) is 0 Å². The van der Waals surface area contributed by atoms with Gasteiger partial charge in [0, 0.05) is 33.1 Å². The van der Waals surface area contributed by atoms with Gasteiger partial charge in [-0.25, -0.2) is 0 Å². The van der Waals surface area contributed by atoms with E-state index in [9.17, 15) is 9.90 Å². The first-order valence-corrected chi connectivity index (χ1v) is 11.4. The molecule has 0 bridgehead atoms. The van der Waals surface area contributed by atoms with Crippen LogP contribution in [0, 0.1) is 6.92 Å². The van der Waals surface area contributed by atoms with Gasteiger partial charge in [-0.1, -0.05) is 30.3 Å². The first-order valence-electron chi connectivity index (χ1n) is 11.4. The Balaban J connectivity index is 1.24. The van der Waals surface area contributed by atoms with Crippen LogP contribution in [0.4, 0.5) is 0 Å². The van der Waals surface area contributed by atoms with E-state index in [-0.39, 0.29) is 12.5 Å². The number of benzene rings is 2. The number of aliphatic hydroxyl groups is 1. The third kappa shape index (κ3) is 4.91. The van der Waals surface area contributed by atoms with Gasteiger partial charge in [-0.15, -0.1) is 10.2 Å². The van der Waals surface area contributed by atoms with E-state index in [4.69, 9.17) is 9.15 Å².